The standard InChI is InChI=1S/C21H26ClN7O5S2/c1-34-20-17(7-8-18(26-20)29-9-11-36(32,33)12-10-29)25-21-23-13-14(22)19(27-21)24-15-5-3-4-6-16(15)28-35(2,30)31/h3-8,13,28,32-33H,9-12H2,1-2H3,(H2,23,24,25,27). The Morgan fingerprint density at radius 1 is 1.03 bits per heavy atom. The molecule has 194 valence electrons. The van der Waals surface area contributed by atoms with Crippen LogP contribution in [0.5, 0.6) is 5.88 Å². The molecule has 1 fully saturated rings. The van der Waals surface area contributed by atoms with Crippen LogP contribution in [0, 0.1) is 0 Å². The number of hydrogen-bond acceptors (Lipinski definition) is 11. The Kier molecular flexibility index (Phi) is 7.61. The van der Waals surface area contributed by atoms with Crippen molar-refractivity contribution in [3.8, 4) is 5.88 Å². The largest absolute Gasteiger partial charge is 0.479 e. The zero-order valence-electron chi connectivity index (χ0n) is 19.5. The molecular weight excluding hydrogens is 530 g/mol. The minimum absolute atomic E-state index is 0.204. The Hall–Kier alpha value is -3.04. The van der Waals surface area contributed by atoms with E-state index in [-0.39, 0.29) is 16.8 Å². The molecule has 15 heteroatoms. The minimum atomic E-state index is -3.49. The number of ether oxygens (including phenoxy) is 1. The van der Waals surface area contributed by atoms with Gasteiger partial charge in [-0.05, 0) is 24.3 Å². The SMILES string of the molecule is COc1nc(N2CCS(O)(O)CC2)ccc1Nc1ncc(Cl)c(Nc2ccccc2NS(C)(=O)=O)n1. The van der Waals surface area contributed by atoms with E-state index in [1.165, 1.54) is 13.3 Å². The van der Waals surface area contributed by atoms with Crippen molar-refractivity contribution in [2.75, 3.05) is 58.2 Å². The van der Waals surface area contributed by atoms with Crippen molar-refractivity contribution in [2.45, 2.75) is 0 Å². The van der Waals surface area contributed by atoms with Gasteiger partial charge in [0.15, 0.2) is 5.82 Å². The molecule has 36 heavy (non-hydrogen) atoms. The maximum atomic E-state index is 11.7. The summed E-state index contributed by atoms with van der Waals surface area (Å²) in [5, 5.41) is 6.32. The van der Waals surface area contributed by atoms with Crippen LogP contribution in [-0.4, -0.2) is 70.4 Å². The van der Waals surface area contributed by atoms with Crippen molar-refractivity contribution < 1.29 is 22.3 Å². The Balaban J connectivity index is 1.54. The van der Waals surface area contributed by atoms with Crippen molar-refractivity contribution in [3.63, 3.8) is 0 Å². The summed E-state index contributed by atoms with van der Waals surface area (Å²) in [7, 11) is -4.51. The monoisotopic (exact) mass is 555 g/mol. The van der Waals surface area contributed by atoms with Gasteiger partial charge in [0, 0.05) is 13.1 Å². The molecule has 2 aromatic heterocycles. The van der Waals surface area contributed by atoms with E-state index >= 15 is 0 Å². The molecule has 3 heterocycles. The zero-order valence-corrected chi connectivity index (χ0v) is 21.9. The molecule has 12 nitrogen and oxygen atoms in total. The highest BCUT2D eigenvalue weighted by Crippen LogP contribution is 2.41. The summed E-state index contributed by atoms with van der Waals surface area (Å²) >= 11 is 6.29. The summed E-state index contributed by atoms with van der Waals surface area (Å²) in [4.78, 5) is 15.1. The highest BCUT2D eigenvalue weighted by molar-refractivity contribution is 8.24. The van der Waals surface area contributed by atoms with Gasteiger partial charge in [-0.3, -0.25) is 13.8 Å². The highest BCUT2D eigenvalue weighted by Gasteiger charge is 2.24. The average molecular weight is 556 g/mol. The lowest BCUT2D eigenvalue weighted by atomic mass is 10.2. The molecule has 5 N–H and O–H groups in total. The molecule has 1 aliphatic heterocycles. The van der Waals surface area contributed by atoms with Crippen LogP contribution < -0.4 is 25.0 Å². The molecule has 1 aliphatic rings. The zero-order chi connectivity index (χ0) is 25.9. The highest BCUT2D eigenvalue weighted by atomic mass is 35.5. The van der Waals surface area contributed by atoms with Gasteiger partial charge in [-0.25, -0.2) is 13.4 Å². The number of nitrogens with one attached hydrogen (secondary N) is 3. The van der Waals surface area contributed by atoms with E-state index < -0.39 is 20.6 Å². The van der Waals surface area contributed by atoms with Crippen molar-refractivity contribution in [1.82, 2.24) is 15.0 Å². The molecule has 0 saturated carbocycles. The third-order valence-electron chi connectivity index (χ3n) is 5.21. The predicted octanol–water partition coefficient (Wildman–Crippen LogP) is 3.96. The summed E-state index contributed by atoms with van der Waals surface area (Å²) in [6.45, 7) is 0.965. The lowest BCUT2D eigenvalue weighted by Crippen LogP contribution is -2.38. The van der Waals surface area contributed by atoms with Gasteiger partial charge < -0.3 is 20.3 Å². The van der Waals surface area contributed by atoms with E-state index in [1.807, 2.05) is 4.90 Å². The van der Waals surface area contributed by atoms with E-state index in [4.69, 9.17) is 16.3 Å². The summed E-state index contributed by atoms with van der Waals surface area (Å²) in [5.41, 5.74) is 1.30. The number of benzene rings is 1. The van der Waals surface area contributed by atoms with E-state index in [9.17, 15) is 17.5 Å². The number of methoxy groups -OCH3 is 1. The number of rotatable bonds is 8. The number of pyridine rings is 1. The number of sulfonamides is 1. The van der Waals surface area contributed by atoms with Gasteiger partial charge in [0.2, 0.25) is 21.9 Å². The Morgan fingerprint density at radius 3 is 2.39 bits per heavy atom. The fourth-order valence-corrected chi connectivity index (χ4v) is 5.40. The first-order chi connectivity index (χ1) is 17.0. The Morgan fingerprint density at radius 2 is 1.72 bits per heavy atom. The number of para-hydroxylation sites is 2. The minimum Gasteiger partial charge on any atom is -0.479 e. The first-order valence-corrected chi connectivity index (χ1v) is 14.9. The summed E-state index contributed by atoms with van der Waals surface area (Å²) in [6, 6.07) is 10.3. The maximum absolute atomic E-state index is 11.7. The predicted molar refractivity (Wildman–Crippen MR) is 144 cm³/mol. The lowest BCUT2D eigenvalue weighted by molar-refractivity contribution is 0.400. The number of nitrogens with zero attached hydrogens (tertiary/aromatic N) is 4. The van der Waals surface area contributed by atoms with Gasteiger partial charge in [0.05, 0.1) is 42.4 Å². The first-order valence-electron chi connectivity index (χ1n) is 10.7. The van der Waals surface area contributed by atoms with Crippen LogP contribution in [-0.2, 0) is 10.0 Å². The molecule has 0 unspecified atom stereocenters. The van der Waals surface area contributed by atoms with E-state index in [1.54, 1.807) is 36.4 Å². The first kappa shape index (κ1) is 26.0. The topological polar surface area (TPSA) is 162 Å². The van der Waals surface area contributed by atoms with Crippen LogP contribution in [0.25, 0.3) is 0 Å². The molecule has 0 amide bonds. The van der Waals surface area contributed by atoms with Crippen LogP contribution in [0.15, 0.2) is 42.6 Å². The van der Waals surface area contributed by atoms with Crippen LogP contribution in [0.4, 0.5) is 34.6 Å². The second kappa shape index (κ2) is 10.5. The van der Waals surface area contributed by atoms with Gasteiger partial charge in [-0.1, -0.05) is 23.7 Å². The van der Waals surface area contributed by atoms with Crippen LogP contribution in [0.3, 0.4) is 0 Å². The van der Waals surface area contributed by atoms with Gasteiger partial charge in [-0.15, -0.1) is 0 Å². The Bertz CT molecular complexity index is 1350. The molecule has 0 radical (unpaired) electrons. The van der Waals surface area contributed by atoms with Crippen LogP contribution in [0.2, 0.25) is 5.02 Å². The lowest BCUT2D eigenvalue weighted by Gasteiger charge is -2.41. The van der Waals surface area contributed by atoms with E-state index in [2.05, 4.69) is 30.3 Å². The number of hydrogen-bond donors (Lipinski definition) is 5. The normalized spacial score (nSPS) is 16.2. The fourth-order valence-electron chi connectivity index (χ4n) is 3.46. The van der Waals surface area contributed by atoms with Gasteiger partial charge in [0.25, 0.3) is 0 Å². The van der Waals surface area contributed by atoms with E-state index in [0.717, 1.165) is 6.26 Å². The molecular formula is C21H26ClN7O5S2. The number of aromatic nitrogens is 3. The molecule has 1 aromatic carbocycles. The van der Waals surface area contributed by atoms with E-state index in [0.29, 0.717) is 53.4 Å². The summed E-state index contributed by atoms with van der Waals surface area (Å²) in [5.74, 6) is 2.02. The summed E-state index contributed by atoms with van der Waals surface area (Å²) in [6.07, 6.45) is 2.47. The van der Waals surface area contributed by atoms with Crippen molar-refractivity contribution in [1.29, 1.82) is 0 Å². The molecule has 3 aromatic rings. The van der Waals surface area contributed by atoms with Crippen LogP contribution in [0.1, 0.15) is 0 Å². The average Bonchev–Trinajstić information content (AvgIpc) is 2.82. The molecule has 0 atom stereocenters. The van der Waals surface area contributed by atoms with Gasteiger partial charge >= 0.3 is 0 Å². The molecule has 0 aliphatic carbocycles. The molecule has 4 rings (SSSR count). The fraction of sp³-hybridized carbons (Fsp3) is 0.286. The van der Waals surface area contributed by atoms with Crippen molar-refractivity contribution in [2.24, 2.45) is 0 Å². The molecule has 1 saturated heterocycles. The second-order valence-corrected chi connectivity index (χ2v) is 12.6. The third kappa shape index (κ3) is 6.59. The Labute approximate surface area is 215 Å². The number of anilines is 6. The second-order valence-electron chi connectivity index (χ2n) is 7.98. The molecule has 0 spiro atoms. The maximum Gasteiger partial charge on any atom is 0.239 e. The van der Waals surface area contributed by atoms with Crippen LogP contribution >= 0.6 is 22.2 Å². The summed E-state index contributed by atoms with van der Waals surface area (Å²) < 4.78 is 51.0. The smallest absolute Gasteiger partial charge is 0.239 e. The third-order valence-corrected chi connectivity index (χ3v) is 7.75. The van der Waals surface area contributed by atoms with Gasteiger partial charge in [-0.2, -0.15) is 20.6 Å². The van der Waals surface area contributed by atoms with Gasteiger partial charge in [0.1, 0.15) is 16.5 Å². The quantitative estimate of drug-likeness (QED) is 0.273. The number of halogens is 1. The van der Waals surface area contributed by atoms with Crippen molar-refractivity contribution in [3.05, 3.63) is 47.6 Å². The van der Waals surface area contributed by atoms with Crippen molar-refractivity contribution >= 4 is 66.9 Å². The molecule has 0 bridgehead atoms.